The number of rotatable bonds is 6. The summed E-state index contributed by atoms with van der Waals surface area (Å²) in [6.07, 6.45) is 1.18. The van der Waals surface area contributed by atoms with Crippen LogP contribution in [0.25, 0.3) is 10.9 Å². The summed E-state index contributed by atoms with van der Waals surface area (Å²) in [5.41, 5.74) is 8.75. The number of anilines is 2. The smallest absolute Gasteiger partial charge is 0.230 e. The molecule has 25 heavy (non-hydrogen) atoms. The molecule has 0 aliphatic heterocycles. The zero-order valence-electron chi connectivity index (χ0n) is 14.2. The van der Waals surface area contributed by atoms with Crippen LogP contribution in [0.4, 0.5) is 11.4 Å². The van der Waals surface area contributed by atoms with Gasteiger partial charge in [0.15, 0.2) is 0 Å². The number of carbonyl (C=O) groups excluding carboxylic acids is 1. The second-order valence-electron chi connectivity index (χ2n) is 5.85. The van der Waals surface area contributed by atoms with Crippen LogP contribution in [0.15, 0.2) is 54.6 Å². The number of carbonyl (C=O) groups is 1. The molecule has 5 nitrogen and oxygen atoms in total. The first kappa shape index (κ1) is 16.8. The number of benzene rings is 2. The number of hydrogen-bond acceptors (Lipinski definition) is 4. The third-order valence-corrected chi connectivity index (χ3v) is 3.72. The van der Waals surface area contributed by atoms with Crippen LogP contribution in [0, 0.1) is 0 Å². The van der Waals surface area contributed by atoms with Crippen LogP contribution < -0.4 is 15.8 Å². The average molecular weight is 335 g/mol. The number of nitrogen functional groups attached to an aromatic ring is 1. The van der Waals surface area contributed by atoms with Crippen LogP contribution in [0.3, 0.4) is 0 Å². The number of amides is 1. The van der Waals surface area contributed by atoms with E-state index in [9.17, 15) is 4.79 Å². The first-order valence-electron chi connectivity index (χ1n) is 8.32. The van der Waals surface area contributed by atoms with E-state index in [4.69, 9.17) is 10.5 Å². The highest BCUT2D eigenvalue weighted by Crippen LogP contribution is 2.18. The maximum atomic E-state index is 12.2. The fourth-order valence-electron chi connectivity index (χ4n) is 2.51. The molecule has 1 heterocycles. The molecule has 3 rings (SSSR count). The lowest BCUT2D eigenvalue weighted by Crippen LogP contribution is -2.15. The Morgan fingerprint density at radius 3 is 2.68 bits per heavy atom. The number of nitrogens with one attached hydrogen (secondary N) is 1. The van der Waals surface area contributed by atoms with Crippen molar-refractivity contribution < 1.29 is 9.53 Å². The summed E-state index contributed by atoms with van der Waals surface area (Å²) in [5, 5.41) is 3.84. The highest BCUT2D eigenvalue weighted by atomic mass is 16.5. The first-order chi connectivity index (χ1) is 12.1. The Bertz CT molecular complexity index is 876. The number of pyridine rings is 1. The van der Waals surface area contributed by atoms with Gasteiger partial charge in [-0.05, 0) is 55.0 Å². The monoisotopic (exact) mass is 335 g/mol. The molecule has 0 atom stereocenters. The zero-order valence-corrected chi connectivity index (χ0v) is 14.2. The molecule has 2 aromatic carbocycles. The van der Waals surface area contributed by atoms with Crippen molar-refractivity contribution in [1.29, 1.82) is 0 Å². The molecule has 0 aliphatic rings. The van der Waals surface area contributed by atoms with Gasteiger partial charge in [-0.2, -0.15) is 0 Å². The number of ether oxygens (including phenoxy) is 1. The number of nitrogens with zero attached hydrogens (tertiary/aromatic N) is 1. The van der Waals surface area contributed by atoms with Crippen molar-refractivity contribution in [2.45, 2.75) is 19.8 Å². The zero-order chi connectivity index (χ0) is 17.6. The third kappa shape index (κ3) is 4.47. The summed E-state index contributed by atoms with van der Waals surface area (Å²) in [6.45, 7) is 2.75. The van der Waals surface area contributed by atoms with Gasteiger partial charge in [-0.25, -0.2) is 0 Å². The molecule has 0 radical (unpaired) electrons. The molecular formula is C20H21N3O2. The standard InChI is InChI=1S/C20H21N3O2/c1-2-11-25-18-8-6-16(7-9-18)23-20(24)13-17-5-3-14-12-15(21)4-10-19(14)22-17/h3-10,12H,2,11,13,21H2,1H3,(H,23,24). The van der Waals surface area contributed by atoms with Crippen LogP contribution in [-0.4, -0.2) is 17.5 Å². The molecule has 0 aliphatic carbocycles. The molecule has 0 unspecified atom stereocenters. The van der Waals surface area contributed by atoms with Gasteiger partial charge in [0.25, 0.3) is 0 Å². The first-order valence-corrected chi connectivity index (χ1v) is 8.32. The molecule has 0 spiro atoms. The maximum Gasteiger partial charge on any atom is 0.230 e. The number of hydrogen-bond donors (Lipinski definition) is 2. The predicted molar refractivity (Wildman–Crippen MR) is 101 cm³/mol. The van der Waals surface area contributed by atoms with Crippen LogP contribution >= 0.6 is 0 Å². The minimum Gasteiger partial charge on any atom is -0.494 e. The Balaban J connectivity index is 1.63. The lowest BCUT2D eigenvalue weighted by molar-refractivity contribution is -0.115. The van der Waals surface area contributed by atoms with E-state index in [1.807, 2.05) is 48.5 Å². The molecule has 3 aromatic rings. The Labute approximate surface area is 146 Å². The van der Waals surface area contributed by atoms with Gasteiger partial charge in [0.2, 0.25) is 5.91 Å². The van der Waals surface area contributed by atoms with E-state index >= 15 is 0 Å². The van der Waals surface area contributed by atoms with E-state index in [0.29, 0.717) is 12.3 Å². The van der Waals surface area contributed by atoms with Crippen LogP contribution in [0.5, 0.6) is 5.75 Å². The summed E-state index contributed by atoms with van der Waals surface area (Å²) in [7, 11) is 0. The maximum absolute atomic E-state index is 12.2. The van der Waals surface area contributed by atoms with Gasteiger partial charge >= 0.3 is 0 Å². The van der Waals surface area contributed by atoms with Crippen LogP contribution in [0.1, 0.15) is 19.0 Å². The molecule has 0 saturated heterocycles. The second-order valence-corrected chi connectivity index (χ2v) is 5.85. The SMILES string of the molecule is CCCOc1ccc(NC(=O)Cc2ccc3cc(N)ccc3n2)cc1. The van der Waals surface area contributed by atoms with Gasteiger partial charge in [-0.3, -0.25) is 9.78 Å². The van der Waals surface area contributed by atoms with Crippen molar-refractivity contribution in [3.8, 4) is 5.75 Å². The number of fused-ring (bicyclic) bond motifs is 1. The minimum atomic E-state index is -0.107. The van der Waals surface area contributed by atoms with Gasteiger partial charge in [0.05, 0.1) is 24.2 Å². The van der Waals surface area contributed by atoms with Crippen molar-refractivity contribution >= 4 is 28.2 Å². The van der Waals surface area contributed by atoms with Crippen LogP contribution in [0.2, 0.25) is 0 Å². The summed E-state index contributed by atoms with van der Waals surface area (Å²) >= 11 is 0. The van der Waals surface area contributed by atoms with Crippen molar-refractivity contribution in [3.63, 3.8) is 0 Å². The molecule has 3 N–H and O–H groups in total. The van der Waals surface area contributed by atoms with Crippen molar-refractivity contribution in [2.75, 3.05) is 17.7 Å². The Hall–Kier alpha value is -3.08. The summed E-state index contributed by atoms with van der Waals surface area (Å²) in [4.78, 5) is 16.7. The lowest BCUT2D eigenvalue weighted by atomic mass is 10.1. The molecule has 0 fully saturated rings. The van der Waals surface area contributed by atoms with Gasteiger partial charge in [-0.15, -0.1) is 0 Å². The quantitative estimate of drug-likeness (QED) is 0.672. The highest BCUT2D eigenvalue weighted by Gasteiger charge is 2.07. The van der Waals surface area contributed by atoms with Crippen molar-refractivity contribution in [3.05, 3.63) is 60.3 Å². The summed E-state index contributed by atoms with van der Waals surface area (Å²) < 4.78 is 5.53. The van der Waals surface area contributed by atoms with Crippen molar-refractivity contribution in [2.24, 2.45) is 0 Å². The lowest BCUT2D eigenvalue weighted by Gasteiger charge is -2.08. The number of aromatic nitrogens is 1. The van der Waals surface area contributed by atoms with Gasteiger partial charge < -0.3 is 15.8 Å². The fourth-order valence-corrected chi connectivity index (χ4v) is 2.51. The van der Waals surface area contributed by atoms with E-state index in [0.717, 1.165) is 34.5 Å². The van der Waals surface area contributed by atoms with E-state index in [-0.39, 0.29) is 12.3 Å². The van der Waals surface area contributed by atoms with Crippen molar-refractivity contribution in [1.82, 2.24) is 4.98 Å². The molecule has 1 amide bonds. The third-order valence-electron chi connectivity index (χ3n) is 3.72. The van der Waals surface area contributed by atoms with E-state index in [2.05, 4.69) is 17.2 Å². The summed E-state index contributed by atoms with van der Waals surface area (Å²) in [5.74, 6) is 0.694. The Kier molecular flexibility index (Phi) is 5.14. The van der Waals surface area contributed by atoms with E-state index in [1.165, 1.54) is 0 Å². The Morgan fingerprint density at radius 1 is 1.12 bits per heavy atom. The molecule has 128 valence electrons. The normalized spacial score (nSPS) is 10.6. The van der Waals surface area contributed by atoms with Gasteiger partial charge in [0, 0.05) is 16.8 Å². The van der Waals surface area contributed by atoms with Gasteiger partial charge in [0.1, 0.15) is 5.75 Å². The largest absolute Gasteiger partial charge is 0.494 e. The topological polar surface area (TPSA) is 77.2 Å². The van der Waals surface area contributed by atoms with E-state index < -0.39 is 0 Å². The molecule has 0 bridgehead atoms. The minimum absolute atomic E-state index is 0.107. The molecule has 0 saturated carbocycles. The number of nitrogens with two attached hydrogens (primary N) is 1. The van der Waals surface area contributed by atoms with Gasteiger partial charge in [-0.1, -0.05) is 13.0 Å². The molecule has 5 heteroatoms. The van der Waals surface area contributed by atoms with E-state index in [1.54, 1.807) is 6.07 Å². The predicted octanol–water partition coefficient (Wildman–Crippen LogP) is 3.79. The van der Waals surface area contributed by atoms with Crippen LogP contribution in [-0.2, 0) is 11.2 Å². The summed E-state index contributed by atoms with van der Waals surface area (Å²) in [6, 6.07) is 16.7. The molecule has 1 aromatic heterocycles. The highest BCUT2D eigenvalue weighted by molar-refractivity contribution is 5.92. The fraction of sp³-hybridized carbons (Fsp3) is 0.200. The Morgan fingerprint density at radius 2 is 1.92 bits per heavy atom. The molecular weight excluding hydrogens is 314 g/mol. The average Bonchev–Trinajstić information content (AvgIpc) is 2.61. The second kappa shape index (κ2) is 7.66.